The van der Waals surface area contributed by atoms with Crippen molar-refractivity contribution in [2.75, 3.05) is 0 Å². The Bertz CT molecular complexity index is 537. The molecule has 1 aliphatic carbocycles. The van der Waals surface area contributed by atoms with E-state index in [4.69, 9.17) is 0 Å². The topological polar surface area (TPSA) is 55.7 Å². The monoisotopic (exact) mass is 297 g/mol. The van der Waals surface area contributed by atoms with Crippen molar-refractivity contribution in [3.8, 4) is 5.75 Å². The van der Waals surface area contributed by atoms with Gasteiger partial charge >= 0.3 is 0 Å². The van der Waals surface area contributed by atoms with Crippen molar-refractivity contribution in [1.29, 1.82) is 0 Å². The maximum Gasteiger partial charge on any atom is 0.165 e. The van der Waals surface area contributed by atoms with Crippen molar-refractivity contribution in [2.45, 2.75) is 51.2 Å². The molecule has 1 atom stereocenters. The van der Waals surface area contributed by atoms with Gasteiger partial charge in [0.05, 0.1) is 5.71 Å². The van der Waals surface area contributed by atoms with E-state index in [0.717, 1.165) is 24.8 Å². The lowest BCUT2D eigenvalue weighted by atomic mass is 10.0. The summed E-state index contributed by atoms with van der Waals surface area (Å²) in [5, 5.41) is 9.49. The zero-order valence-corrected chi connectivity index (χ0v) is 12.9. The molecule has 0 aliphatic heterocycles. The molecule has 5 heteroatoms. The van der Waals surface area contributed by atoms with Gasteiger partial charge in [-0.25, -0.2) is 4.39 Å². The Kier molecular flexibility index (Phi) is 4.39. The fourth-order valence-electron chi connectivity index (χ4n) is 2.15. The number of aryl methyl sites for hydroxylation is 1. The zero-order chi connectivity index (χ0) is 14.9. The van der Waals surface area contributed by atoms with Crippen molar-refractivity contribution < 1.29 is 14.0 Å². The first-order valence-electron chi connectivity index (χ1n) is 6.80. The largest absolute Gasteiger partial charge is 0.591 e. The van der Waals surface area contributed by atoms with Gasteiger partial charge in [-0.3, -0.25) is 0 Å². The molecule has 1 aliphatic rings. The summed E-state index contributed by atoms with van der Waals surface area (Å²) in [5.41, 5.74) is 2.26. The molecule has 0 saturated heterocycles. The number of benzene rings is 1. The van der Waals surface area contributed by atoms with Gasteiger partial charge in [0, 0.05) is 5.56 Å². The molecule has 2 rings (SSSR count). The van der Waals surface area contributed by atoms with Gasteiger partial charge in [-0.1, -0.05) is 4.40 Å². The average Bonchev–Trinajstić information content (AvgIpc) is 2.52. The average molecular weight is 297 g/mol. The second-order valence-electron chi connectivity index (χ2n) is 6.07. The molecule has 3 nitrogen and oxygen atoms in total. The number of hydrogen-bond acceptors (Lipinski definition) is 3. The van der Waals surface area contributed by atoms with Crippen LogP contribution in [-0.4, -0.2) is 20.1 Å². The summed E-state index contributed by atoms with van der Waals surface area (Å²) < 4.78 is 29.7. The normalized spacial score (nSPS) is 19.6. The molecule has 110 valence electrons. The van der Waals surface area contributed by atoms with Crippen molar-refractivity contribution in [2.24, 2.45) is 4.40 Å². The Balaban J connectivity index is 2.46. The first-order valence-corrected chi connectivity index (χ1v) is 7.91. The molecule has 1 aromatic rings. The van der Waals surface area contributed by atoms with Crippen LogP contribution in [0.5, 0.6) is 5.75 Å². The summed E-state index contributed by atoms with van der Waals surface area (Å²) in [5.74, 6) is -0.984. The van der Waals surface area contributed by atoms with E-state index < -0.39 is 21.9 Å². The van der Waals surface area contributed by atoms with Crippen LogP contribution >= 0.6 is 0 Å². The smallest absolute Gasteiger partial charge is 0.165 e. The number of rotatable bonds is 1. The Hall–Kier alpha value is -1.07. The third kappa shape index (κ3) is 3.33. The number of hydrogen-bond donors (Lipinski definition) is 1. The van der Waals surface area contributed by atoms with E-state index >= 15 is 0 Å². The van der Waals surface area contributed by atoms with Crippen molar-refractivity contribution in [3.05, 3.63) is 29.1 Å². The Morgan fingerprint density at radius 3 is 2.55 bits per heavy atom. The number of halogens is 1. The molecule has 0 spiro atoms. The SMILES string of the molecule is CC(C)(C)[S@+]([O-])/N=C1\CCCCc2cc(O)c(F)cc21. The molecule has 0 aromatic heterocycles. The van der Waals surface area contributed by atoms with Crippen LogP contribution < -0.4 is 0 Å². The molecule has 20 heavy (non-hydrogen) atoms. The number of phenols is 1. The fourth-order valence-corrected chi connectivity index (χ4v) is 2.82. The molecular formula is C15H20FNO2S. The highest BCUT2D eigenvalue weighted by Gasteiger charge is 2.28. The Morgan fingerprint density at radius 2 is 1.90 bits per heavy atom. The third-order valence-corrected chi connectivity index (χ3v) is 4.74. The van der Waals surface area contributed by atoms with Crippen LogP contribution in [0.3, 0.4) is 0 Å². The first-order chi connectivity index (χ1) is 9.29. The van der Waals surface area contributed by atoms with Crippen molar-refractivity contribution in [1.82, 2.24) is 0 Å². The van der Waals surface area contributed by atoms with Gasteiger partial charge in [0.1, 0.15) is 16.1 Å². The van der Waals surface area contributed by atoms with Gasteiger partial charge in [-0.2, -0.15) is 0 Å². The van der Waals surface area contributed by atoms with E-state index in [-0.39, 0.29) is 5.75 Å². The highest BCUT2D eigenvalue weighted by atomic mass is 32.2. The molecule has 0 heterocycles. The van der Waals surface area contributed by atoms with Crippen molar-refractivity contribution in [3.63, 3.8) is 0 Å². The molecule has 1 N–H and O–H groups in total. The molecule has 0 bridgehead atoms. The maximum atomic E-state index is 13.6. The number of nitrogens with zero attached hydrogens (tertiary/aromatic N) is 1. The number of phenolic OH excluding ortho intramolecular Hbond substituents is 1. The summed E-state index contributed by atoms with van der Waals surface area (Å²) in [6, 6.07) is 2.78. The van der Waals surface area contributed by atoms with Gasteiger partial charge in [0.2, 0.25) is 0 Å². The van der Waals surface area contributed by atoms with Crippen LogP contribution in [0.4, 0.5) is 4.39 Å². The highest BCUT2D eigenvalue weighted by molar-refractivity contribution is 7.91. The molecule has 0 fully saturated rings. The summed E-state index contributed by atoms with van der Waals surface area (Å²) in [6.45, 7) is 5.59. The second kappa shape index (κ2) is 5.74. The van der Waals surface area contributed by atoms with Gasteiger partial charge < -0.3 is 9.66 Å². The first kappa shape index (κ1) is 15.3. The summed E-state index contributed by atoms with van der Waals surface area (Å²) in [7, 11) is 0. The number of fused-ring (bicyclic) bond motifs is 1. The Morgan fingerprint density at radius 1 is 1.25 bits per heavy atom. The summed E-state index contributed by atoms with van der Waals surface area (Å²) >= 11 is -1.36. The molecule has 0 saturated carbocycles. The minimum absolute atomic E-state index is 0.332. The lowest BCUT2D eigenvalue weighted by Crippen LogP contribution is -2.27. The minimum Gasteiger partial charge on any atom is -0.591 e. The van der Waals surface area contributed by atoms with Gasteiger partial charge in [-0.15, -0.1) is 0 Å². The Labute approximate surface area is 122 Å². The van der Waals surface area contributed by atoms with E-state index in [1.807, 2.05) is 20.8 Å². The van der Waals surface area contributed by atoms with Crippen molar-refractivity contribution >= 4 is 17.1 Å². The van der Waals surface area contributed by atoms with Gasteiger partial charge in [0.25, 0.3) is 0 Å². The van der Waals surface area contributed by atoms with Crippen LogP contribution in [0.2, 0.25) is 0 Å². The van der Waals surface area contributed by atoms with E-state index in [9.17, 15) is 14.0 Å². The van der Waals surface area contributed by atoms with E-state index in [0.29, 0.717) is 17.7 Å². The maximum absolute atomic E-state index is 13.6. The lowest BCUT2D eigenvalue weighted by molar-refractivity contribution is 0.431. The zero-order valence-electron chi connectivity index (χ0n) is 12.1. The highest BCUT2D eigenvalue weighted by Crippen LogP contribution is 2.29. The quantitative estimate of drug-likeness (QED) is 0.637. The molecular weight excluding hydrogens is 277 g/mol. The van der Waals surface area contributed by atoms with Crippen LogP contribution in [-0.2, 0) is 17.8 Å². The summed E-state index contributed by atoms with van der Waals surface area (Å²) in [6.07, 6.45) is 3.36. The van der Waals surface area contributed by atoms with E-state index in [2.05, 4.69) is 4.40 Å². The van der Waals surface area contributed by atoms with Gasteiger partial charge in [-0.05, 0) is 64.2 Å². The summed E-state index contributed by atoms with van der Waals surface area (Å²) in [4.78, 5) is 0. The van der Waals surface area contributed by atoms with Gasteiger partial charge in [0.15, 0.2) is 11.6 Å². The van der Waals surface area contributed by atoms with Crippen LogP contribution in [0.15, 0.2) is 16.5 Å². The lowest BCUT2D eigenvalue weighted by Gasteiger charge is -2.19. The third-order valence-electron chi connectivity index (χ3n) is 3.31. The standard InChI is InChI=1S/C15H20FNO2S/c1-15(2,3)20(19)17-13-7-5-4-6-10-8-14(18)12(16)9-11(10)13/h8-9,18H,4-7H2,1-3H3/b17-13+/t20-/m0/s1. The van der Waals surface area contributed by atoms with Crippen LogP contribution in [0.1, 0.15) is 51.2 Å². The van der Waals surface area contributed by atoms with Crippen LogP contribution in [0.25, 0.3) is 0 Å². The molecule has 1 aromatic carbocycles. The van der Waals surface area contributed by atoms with E-state index in [1.54, 1.807) is 0 Å². The molecule has 0 radical (unpaired) electrons. The van der Waals surface area contributed by atoms with Crippen LogP contribution in [0, 0.1) is 5.82 Å². The molecule has 0 amide bonds. The number of aromatic hydroxyl groups is 1. The predicted molar refractivity (Wildman–Crippen MR) is 80.1 cm³/mol. The molecule has 0 unspecified atom stereocenters. The predicted octanol–water partition coefficient (Wildman–Crippen LogP) is 3.51. The second-order valence-corrected chi connectivity index (χ2v) is 7.97. The minimum atomic E-state index is -1.36. The fraction of sp³-hybridized carbons (Fsp3) is 0.533. The van der Waals surface area contributed by atoms with E-state index in [1.165, 1.54) is 12.1 Å².